The smallest absolute Gasteiger partial charge is 0.248 e. The summed E-state index contributed by atoms with van der Waals surface area (Å²) in [5.41, 5.74) is -9.13. The number of aliphatic hydroxyl groups is 1. The minimum absolute atomic E-state index is 0.197. The predicted molar refractivity (Wildman–Crippen MR) is 242 cm³/mol. The molecule has 0 saturated carbocycles. The molecule has 0 aromatic rings. The van der Waals surface area contributed by atoms with Gasteiger partial charge in [0.1, 0.15) is 51.4 Å². The summed E-state index contributed by atoms with van der Waals surface area (Å²) in [6.07, 6.45) is 1.37. The molecule has 4 unspecified atom stereocenters. The number of amides is 10. The summed E-state index contributed by atoms with van der Waals surface area (Å²) < 4.78 is 0. The molecule has 65 heavy (non-hydrogen) atoms. The highest BCUT2D eigenvalue weighted by molar-refractivity contribution is 6.01. The average Bonchev–Trinajstić information content (AvgIpc) is 3.62. The van der Waals surface area contributed by atoms with Crippen LogP contribution in [0.25, 0.3) is 0 Å². The Labute approximate surface area is 384 Å². The lowest BCUT2D eigenvalue weighted by molar-refractivity contribution is -0.142. The Kier molecular flexibility index (Phi) is 19.3. The van der Waals surface area contributed by atoms with Crippen LogP contribution in [0, 0.1) is 11.8 Å². The number of likely N-dealkylation sites (tertiary alicyclic amines) is 1. The minimum atomic E-state index is -1.65. The quantitative estimate of drug-likeness (QED) is 0.0676. The van der Waals surface area contributed by atoms with Crippen molar-refractivity contribution in [2.45, 2.75) is 195 Å². The third-order valence-corrected chi connectivity index (χ3v) is 11.1. The van der Waals surface area contributed by atoms with Gasteiger partial charge in [-0.05, 0) is 115 Å². The molecular weight excluding hydrogens is 845 g/mol. The lowest BCUT2D eigenvalue weighted by Gasteiger charge is -2.36. The van der Waals surface area contributed by atoms with Gasteiger partial charge in [-0.3, -0.25) is 47.9 Å². The van der Waals surface area contributed by atoms with Gasteiger partial charge >= 0.3 is 0 Å². The van der Waals surface area contributed by atoms with Gasteiger partial charge in [0.25, 0.3) is 0 Å². The van der Waals surface area contributed by atoms with Crippen LogP contribution in [0.5, 0.6) is 0 Å². The molecule has 4 atom stereocenters. The molecule has 0 aromatic carbocycles. The molecule has 0 aliphatic carbocycles. The molecule has 1 aliphatic heterocycles. The predicted octanol–water partition coefficient (Wildman–Crippen LogP) is -0.855. The Hall–Kier alpha value is -5.34. The van der Waals surface area contributed by atoms with E-state index in [0.29, 0.717) is 13.0 Å². The van der Waals surface area contributed by atoms with Crippen LogP contribution in [0.1, 0.15) is 137 Å². The zero-order valence-corrected chi connectivity index (χ0v) is 41.8. The minimum Gasteiger partial charge on any atom is -0.394 e. The SMILES string of the molecule is CC(=O)NC(C)(C)C(=O)NC(C)(C)C(=O)NC(C(=O)NC(C)(C)C(=O)NC(C(=O)NC(C)(C)C(=O)NC(C)(C)C(=O)NC(C)C(=O)NC(C)(C)C(=O)N1CCCC1CO)C(C)C)C(C)C. The fourth-order valence-corrected chi connectivity index (χ4v) is 6.65. The summed E-state index contributed by atoms with van der Waals surface area (Å²) in [6.45, 7) is 26.8. The van der Waals surface area contributed by atoms with E-state index in [1.54, 1.807) is 27.7 Å². The van der Waals surface area contributed by atoms with Gasteiger partial charge in [0.05, 0.1) is 12.6 Å². The maximum atomic E-state index is 13.7. The third-order valence-electron chi connectivity index (χ3n) is 11.1. The molecule has 21 heteroatoms. The Morgan fingerprint density at radius 1 is 0.492 bits per heavy atom. The maximum Gasteiger partial charge on any atom is 0.248 e. The van der Waals surface area contributed by atoms with Crippen molar-refractivity contribution in [3.63, 3.8) is 0 Å². The molecule has 1 rings (SSSR count). The van der Waals surface area contributed by atoms with Crippen molar-refractivity contribution in [1.29, 1.82) is 0 Å². The van der Waals surface area contributed by atoms with Crippen LogP contribution < -0.4 is 47.9 Å². The molecule has 1 fully saturated rings. The van der Waals surface area contributed by atoms with Gasteiger partial charge in [-0.15, -0.1) is 0 Å². The highest BCUT2D eigenvalue weighted by Gasteiger charge is 2.44. The normalized spacial score (nSPS) is 16.3. The topological polar surface area (TPSA) is 302 Å². The van der Waals surface area contributed by atoms with Gasteiger partial charge in [-0.2, -0.15) is 0 Å². The summed E-state index contributed by atoms with van der Waals surface area (Å²) in [7, 11) is 0. The van der Waals surface area contributed by atoms with E-state index in [0.717, 1.165) is 6.42 Å². The molecular formula is C44H78N10O11. The molecule has 0 radical (unpaired) electrons. The number of aliphatic hydroxyl groups excluding tert-OH is 1. The largest absolute Gasteiger partial charge is 0.394 e. The van der Waals surface area contributed by atoms with E-state index in [1.807, 2.05) is 0 Å². The summed E-state index contributed by atoms with van der Waals surface area (Å²) >= 11 is 0. The van der Waals surface area contributed by atoms with Gasteiger partial charge < -0.3 is 57.9 Å². The van der Waals surface area contributed by atoms with Crippen LogP contribution in [-0.2, 0) is 47.9 Å². The summed E-state index contributed by atoms with van der Waals surface area (Å²) in [4.78, 5) is 134. The molecule has 10 N–H and O–H groups in total. The molecule has 0 bridgehead atoms. The number of rotatable bonds is 21. The molecule has 10 amide bonds. The lowest BCUT2D eigenvalue weighted by Crippen LogP contribution is -2.67. The zero-order chi connectivity index (χ0) is 51.0. The van der Waals surface area contributed by atoms with Crippen LogP contribution in [0.2, 0.25) is 0 Å². The summed E-state index contributed by atoms with van der Waals surface area (Å²) in [5.74, 6) is -7.61. The Bertz CT molecular complexity index is 1840. The van der Waals surface area contributed by atoms with E-state index in [-0.39, 0.29) is 18.6 Å². The van der Waals surface area contributed by atoms with E-state index >= 15 is 0 Å². The zero-order valence-electron chi connectivity index (χ0n) is 41.8. The first kappa shape index (κ1) is 57.7. The molecule has 0 spiro atoms. The van der Waals surface area contributed by atoms with Crippen molar-refractivity contribution < 1.29 is 53.1 Å². The second kappa shape index (κ2) is 21.8. The van der Waals surface area contributed by atoms with Crippen LogP contribution in [-0.4, -0.2) is 140 Å². The van der Waals surface area contributed by atoms with Crippen molar-refractivity contribution in [3.05, 3.63) is 0 Å². The fraction of sp³-hybridized carbons (Fsp3) is 0.773. The third kappa shape index (κ3) is 15.9. The monoisotopic (exact) mass is 923 g/mol. The van der Waals surface area contributed by atoms with Gasteiger partial charge in [-0.25, -0.2) is 0 Å². The molecule has 1 saturated heterocycles. The second-order valence-corrected chi connectivity index (χ2v) is 20.9. The lowest BCUT2D eigenvalue weighted by atomic mass is 9.95. The first-order chi connectivity index (χ1) is 29.3. The summed E-state index contributed by atoms with van der Waals surface area (Å²) in [6, 6.07) is -3.87. The van der Waals surface area contributed by atoms with Crippen molar-refractivity contribution in [2.24, 2.45) is 11.8 Å². The standard InChI is InChI=1S/C44H78N10O11/c1-23(2)28(47-35(62)41(11,12)52-36(63)42(13,14)48-26(6)56)31(58)50-39(7,8)34(61)46-29(24(3)4)32(59)51-43(15,16)37(64)53-40(9,10)33(60)45-25(5)30(57)49-44(17,18)38(65)54-21-19-20-27(54)22-55/h23-25,27-29,55H,19-22H2,1-18H3,(H,45,60)(H,46,61)(H,47,62)(H,48,56)(H,49,57)(H,50,58)(H,51,59)(H,52,63)(H,53,64). The Morgan fingerprint density at radius 2 is 0.831 bits per heavy atom. The first-order valence-electron chi connectivity index (χ1n) is 22.0. The van der Waals surface area contributed by atoms with E-state index in [9.17, 15) is 53.1 Å². The van der Waals surface area contributed by atoms with Crippen molar-refractivity contribution in [3.8, 4) is 0 Å². The Morgan fingerprint density at radius 3 is 1.20 bits per heavy atom. The number of hydrogen-bond acceptors (Lipinski definition) is 11. The van der Waals surface area contributed by atoms with E-state index in [2.05, 4.69) is 47.9 Å². The highest BCUT2D eigenvalue weighted by Crippen LogP contribution is 2.22. The molecule has 1 heterocycles. The average molecular weight is 923 g/mol. The van der Waals surface area contributed by atoms with Crippen LogP contribution >= 0.6 is 0 Å². The molecule has 1 aliphatic rings. The maximum absolute atomic E-state index is 13.7. The van der Waals surface area contributed by atoms with Gasteiger partial charge in [0, 0.05) is 13.5 Å². The van der Waals surface area contributed by atoms with Crippen molar-refractivity contribution in [2.75, 3.05) is 13.2 Å². The van der Waals surface area contributed by atoms with Crippen molar-refractivity contribution in [1.82, 2.24) is 52.8 Å². The fourth-order valence-electron chi connectivity index (χ4n) is 6.65. The second-order valence-electron chi connectivity index (χ2n) is 20.9. The van der Waals surface area contributed by atoms with Crippen LogP contribution in [0.3, 0.4) is 0 Å². The number of hydrogen-bond donors (Lipinski definition) is 10. The molecule has 370 valence electrons. The molecule has 21 nitrogen and oxygen atoms in total. The first-order valence-corrected chi connectivity index (χ1v) is 22.0. The van der Waals surface area contributed by atoms with Gasteiger partial charge in [0.2, 0.25) is 59.1 Å². The van der Waals surface area contributed by atoms with Crippen LogP contribution in [0.15, 0.2) is 0 Å². The number of nitrogens with zero attached hydrogens (tertiary/aromatic N) is 1. The van der Waals surface area contributed by atoms with E-state index in [1.165, 1.54) is 102 Å². The van der Waals surface area contributed by atoms with E-state index < -0.39 is 116 Å². The number of nitrogens with one attached hydrogen (secondary N) is 9. The van der Waals surface area contributed by atoms with Gasteiger partial charge in [0.15, 0.2) is 0 Å². The van der Waals surface area contributed by atoms with E-state index in [4.69, 9.17) is 0 Å². The van der Waals surface area contributed by atoms with Crippen LogP contribution in [0.4, 0.5) is 0 Å². The number of carbonyl (C=O) groups excluding carboxylic acids is 10. The van der Waals surface area contributed by atoms with Gasteiger partial charge in [-0.1, -0.05) is 27.7 Å². The summed E-state index contributed by atoms with van der Waals surface area (Å²) in [5, 5.41) is 33.1. The number of carbonyl (C=O) groups is 10. The van der Waals surface area contributed by atoms with Crippen molar-refractivity contribution >= 4 is 59.1 Å². The highest BCUT2D eigenvalue weighted by atomic mass is 16.3. The Balaban J connectivity index is 3.01. The molecule has 0 aromatic heterocycles.